The van der Waals surface area contributed by atoms with Crippen LogP contribution < -0.4 is 5.32 Å². The van der Waals surface area contributed by atoms with Gasteiger partial charge in [0, 0.05) is 44.2 Å². The zero-order valence-corrected chi connectivity index (χ0v) is 13.0. The lowest BCUT2D eigenvalue weighted by atomic mass is 9.99. The molecule has 120 valence electrons. The number of rotatable bonds is 5. The SMILES string of the molecule is CCn1nccc1[C@@H]1OCC[C@H]1CNc1nccn2cnnc12. The van der Waals surface area contributed by atoms with Gasteiger partial charge in [-0.15, -0.1) is 10.2 Å². The quantitative estimate of drug-likeness (QED) is 0.769. The highest BCUT2D eigenvalue weighted by molar-refractivity contribution is 5.61. The zero-order valence-electron chi connectivity index (χ0n) is 13.0. The number of hydrogen-bond acceptors (Lipinski definition) is 6. The van der Waals surface area contributed by atoms with Crippen LogP contribution in [0.25, 0.3) is 5.65 Å². The Labute approximate surface area is 133 Å². The number of hydrogen-bond donors (Lipinski definition) is 1. The molecule has 4 heterocycles. The fourth-order valence-electron chi connectivity index (χ4n) is 3.13. The smallest absolute Gasteiger partial charge is 0.203 e. The molecule has 1 aliphatic rings. The van der Waals surface area contributed by atoms with Crippen molar-refractivity contribution in [1.29, 1.82) is 0 Å². The molecule has 23 heavy (non-hydrogen) atoms. The Kier molecular flexibility index (Phi) is 3.66. The highest BCUT2D eigenvalue weighted by atomic mass is 16.5. The molecular weight excluding hydrogens is 294 g/mol. The lowest BCUT2D eigenvalue weighted by Gasteiger charge is -2.20. The minimum Gasteiger partial charge on any atom is -0.372 e. The average Bonchev–Trinajstić information content (AvgIpc) is 3.30. The Bertz CT molecular complexity index is 796. The topological polar surface area (TPSA) is 82.2 Å². The molecule has 0 amide bonds. The first-order valence-corrected chi connectivity index (χ1v) is 7.88. The minimum atomic E-state index is 0.0718. The van der Waals surface area contributed by atoms with E-state index in [4.69, 9.17) is 4.74 Å². The molecule has 8 heteroatoms. The van der Waals surface area contributed by atoms with Crippen LogP contribution >= 0.6 is 0 Å². The van der Waals surface area contributed by atoms with E-state index in [-0.39, 0.29) is 6.10 Å². The van der Waals surface area contributed by atoms with E-state index >= 15 is 0 Å². The Balaban J connectivity index is 1.51. The van der Waals surface area contributed by atoms with Gasteiger partial charge in [0.05, 0.1) is 5.69 Å². The molecule has 0 bridgehead atoms. The van der Waals surface area contributed by atoms with Gasteiger partial charge in [-0.3, -0.25) is 9.08 Å². The predicted molar refractivity (Wildman–Crippen MR) is 84.0 cm³/mol. The number of aryl methyl sites for hydroxylation is 1. The van der Waals surface area contributed by atoms with E-state index in [1.807, 2.05) is 27.5 Å². The van der Waals surface area contributed by atoms with Crippen molar-refractivity contribution in [2.45, 2.75) is 26.0 Å². The third-order valence-corrected chi connectivity index (χ3v) is 4.30. The normalized spacial score (nSPS) is 21.1. The monoisotopic (exact) mass is 313 g/mol. The Morgan fingerprint density at radius 3 is 3.26 bits per heavy atom. The van der Waals surface area contributed by atoms with E-state index < -0.39 is 0 Å². The largest absolute Gasteiger partial charge is 0.372 e. The summed E-state index contributed by atoms with van der Waals surface area (Å²) >= 11 is 0. The van der Waals surface area contributed by atoms with Crippen LogP contribution in [0.15, 0.2) is 31.0 Å². The van der Waals surface area contributed by atoms with Crippen LogP contribution in [-0.2, 0) is 11.3 Å². The summed E-state index contributed by atoms with van der Waals surface area (Å²) < 4.78 is 9.81. The summed E-state index contributed by atoms with van der Waals surface area (Å²) in [4.78, 5) is 4.37. The molecule has 0 aliphatic carbocycles. The molecule has 8 nitrogen and oxygen atoms in total. The summed E-state index contributed by atoms with van der Waals surface area (Å²) in [5, 5.41) is 15.8. The number of aromatic nitrogens is 6. The summed E-state index contributed by atoms with van der Waals surface area (Å²) in [5.74, 6) is 1.13. The molecule has 1 saturated heterocycles. The molecule has 0 spiro atoms. The molecule has 1 fully saturated rings. The van der Waals surface area contributed by atoms with Gasteiger partial charge in [-0.25, -0.2) is 4.98 Å². The molecule has 3 aromatic heterocycles. The number of ether oxygens (including phenoxy) is 1. The van der Waals surface area contributed by atoms with Crippen LogP contribution in [0.3, 0.4) is 0 Å². The second-order valence-corrected chi connectivity index (χ2v) is 5.63. The van der Waals surface area contributed by atoms with Gasteiger partial charge in [0.1, 0.15) is 12.4 Å². The van der Waals surface area contributed by atoms with E-state index in [2.05, 4.69) is 32.5 Å². The third kappa shape index (κ3) is 2.55. The second kappa shape index (κ2) is 5.96. The molecule has 2 atom stereocenters. The summed E-state index contributed by atoms with van der Waals surface area (Å²) in [7, 11) is 0. The van der Waals surface area contributed by atoms with Crippen molar-refractivity contribution in [1.82, 2.24) is 29.4 Å². The van der Waals surface area contributed by atoms with Crippen molar-refractivity contribution < 1.29 is 4.74 Å². The van der Waals surface area contributed by atoms with E-state index in [1.54, 1.807) is 12.5 Å². The Morgan fingerprint density at radius 1 is 1.39 bits per heavy atom. The van der Waals surface area contributed by atoms with E-state index in [0.29, 0.717) is 5.92 Å². The van der Waals surface area contributed by atoms with E-state index in [9.17, 15) is 0 Å². The molecule has 3 aromatic rings. The molecule has 0 saturated carbocycles. The number of anilines is 1. The fraction of sp³-hybridized carbons (Fsp3) is 0.467. The third-order valence-electron chi connectivity index (χ3n) is 4.30. The zero-order chi connectivity index (χ0) is 15.6. The molecule has 0 radical (unpaired) electrons. The van der Waals surface area contributed by atoms with Gasteiger partial charge >= 0.3 is 0 Å². The standard InChI is InChI=1S/C15H19N7O/c1-2-22-12(3-5-19-22)13-11(4-8-23-13)9-17-14-15-20-18-10-21(15)7-6-16-14/h3,5-7,10-11,13H,2,4,8-9H2,1H3,(H,16,17)/t11-,13+/m0/s1. The van der Waals surface area contributed by atoms with Crippen molar-refractivity contribution in [2.24, 2.45) is 5.92 Å². The van der Waals surface area contributed by atoms with Gasteiger partial charge in [0.15, 0.2) is 5.82 Å². The molecule has 4 rings (SSSR count). The highest BCUT2D eigenvalue weighted by Crippen LogP contribution is 2.34. The van der Waals surface area contributed by atoms with Gasteiger partial charge in [-0.1, -0.05) is 0 Å². The van der Waals surface area contributed by atoms with Gasteiger partial charge in [-0.05, 0) is 19.4 Å². The van der Waals surface area contributed by atoms with Gasteiger partial charge < -0.3 is 10.1 Å². The van der Waals surface area contributed by atoms with E-state index in [1.165, 1.54) is 0 Å². The molecule has 0 aromatic carbocycles. The van der Waals surface area contributed by atoms with Gasteiger partial charge in [-0.2, -0.15) is 5.10 Å². The van der Waals surface area contributed by atoms with Crippen LogP contribution in [0.4, 0.5) is 5.82 Å². The summed E-state index contributed by atoms with van der Waals surface area (Å²) in [5.41, 5.74) is 1.88. The van der Waals surface area contributed by atoms with Crippen molar-refractivity contribution in [3.05, 3.63) is 36.7 Å². The molecule has 1 N–H and O–H groups in total. The van der Waals surface area contributed by atoms with Crippen LogP contribution in [-0.4, -0.2) is 42.5 Å². The molecule has 0 unspecified atom stereocenters. The number of nitrogens with zero attached hydrogens (tertiary/aromatic N) is 6. The van der Waals surface area contributed by atoms with Crippen molar-refractivity contribution in [3.8, 4) is 0 Å². The predicted octanol–water partition coefficient (Wildman–Crippen LogP) is 1.53. The highest BCUT2D eigenvalue weighted by Gasteiger charge is 2.31. The van der Waals surface area contributed by atoms with Crippen LogP contribution in [0.1, 0.15) is 25.1 Å². The first-order chi connectivity index (χ1) is 11.4. The molecular formula is C15H19N7O. The summed E-state index contributed by atoms with van der Waals surface area (Å²) in [6.07, 6.45) is 8.17. The minimum absolute atomic E-state index is 0.0718. The fourth-order valence-corrected chi connectivity index (χ4v) is 3.13. The lowest BCUT2D eigenvalue weighted by Crippen LogP contribution is -2.21. The van der Waals surface area contributed by atoms with Crippen LogP contribution in [0, 0.1) is 5.92 Å². The first-order valence-electron chi connectivity index (χ1n) is 7.88. The maximum Gasteiger partial charge on any atom is 0.203 e. The average molecular weight is 313 g/mol. The second-order valence-electron chi connectivity index (χ2n) is 5.63. The maximum absolute atomic E-state index is 5.96. The van der Waals surface area contributed by atoms with E-state index in [0.717, 1.165) is 43.3 Å². The van der Waals surface area contributed by atoms with Gasteiger partial charge in [0.2, 0.25) is 5.65 Å². The van der Waals surface area contributed by atoms with Gasteiger partial charge in [0.25, 0.3) is 0 Å². The summed E-state index contributed by atoms with van der Waals surface area (Å²) in [6.45, 7) is 4.49. The Hall–Kier alpha value is -2.48. The maximum atomic E-state index is 5.96. The van der Waals surface area contributed by atoms with Crippen molar-refractivity contribution in [3.63, 3.8) is 0 Å². The Morgan fingerprint density at radius 2 is 2.35 bits per heavy atom. The van der Waals surface area contributed by atoms with Crippen molar-refractivity contribution in [2.75, 3.05) is 18.5 Å². The summed E-state index contributed by atoms with van der Waals surface area (Å²) in [6, 6.07) is 2.05. The number of nitrogens with one attached hydrogen (secondary N) is 1. The van der Waals surface area contributed by atoms with Crippen LogP contribution in [0.2, 0.25) is 0 Å². The molecule has 1 aliphatic heterocycles. The number of fused-ring (bicyclic) bond motifs is 1. The first kappa shape index (κ1) is 14.1. The van der Waals surface area contributed by atoms with Crippen LogP contribution in [0.5, 0.6) is 0 Å². The lowest BCUT2D eigenvalue weighted by molar-refractivity contribution is 0.0858. The van der Waals surface area contributed by atoms with Crippen molar-refractivity contribution >= 4 is 11.5 Å².